The molecule has 0 aliphatic carbocycles. The van der Waals surface area contributed by atoms with Crippen molar-refractivity contribution in [1.82, 2.24) is 4.90 Å². The maximum Gasteiger partial charge on any atom is 0.488 e. The van der Waals surface area contributed by atoms with Crippen LogP contribution in [0.1, 0.15) is 13.8 Å². The average Bonchev–Trinajstić information content (AvgIpc) is 2.35. The predicted molar refractivity (Wildman–Crippen MR) is 69.6 cm³/mol. The summed E-state index contributed by atoms with van der Waals surface area (Å²) >= 11 is 0. The molecular formula is C12H20BNO3. The molecule has 0 amide bonds. The fourth-order valence-electron chi connectivity index (χ4n) is 1.60. The highest BCUT2D eigenvalue weighted by Crippen LogP contribution is 2.07. The van der Waals surface area contributed by atoms with Crippen LogP contribution in [0.5, 0.6) is 5.75 Å². The Bertz CT molecular complexity index is 329. The second-order valence-corrected chi connectivity index (χ2v) is 3.82. The van der Waals surface area contributed by atoms with Gasteiger partial charge in [-0.15, -0.1) is 0 Å². The largest absolute Gasteiger partial charge is 0.492 e. The summed E-state index contributed by atoms with van der Waals surface area (Å²) in [5.74, 6) is 0.669. The van der Waals surface area contributed by atoms with Crippen molar-refractivity contribution in [3.8, 4) is 5.75 Å². The highest BCUT2D eigenvalue weighted by atomic mass is 16.5. The summed E-state index contributed by atoms with van der Waals surface area (Å²) in [5.41, 5.74) is 0.449. The van der Waals surface area contributed by atoms with Gasteiger partial charge in [0, 0.05) is 6.54 Å². The van der Waals surface area contributed by atoms with E-state index < -0.39 is 7.12 Å². The van der Waals surface area contributed by atoms with E-state index in [9.17, 15) is 0 Å². The van der Waals surface area contributed by atoms with Crippen LogP contribution in [-0.4, -0.2) is 48.3 Å². The molecule has 0 atom stereocenters. The van der Waals surface area contributed by atoms with Crippen molar-refractivity contribution in [3.63, 3.8) is 0 Å². The summed E-state index contributed by atoms with van der Waals surface area (Å²) < 4.78 is 5.57. The number of ether oxygens (including phenoxy) is 1. The van der Waals surface area contributed by atoms with Gasteiger partial charge in [-0.2, -0.15) is 0 Å². The normalized spacial score (nSPS) is 10.6. The molecule has 5 heteroatoms. The van der Waals surface area contributed by atoms with E-state index in [4.69, 9.17) is 14.8 Å². The van der Waals surface area contributed by atoms with E-state index in [-0.39, 0.29) is 0 Å². The van der Waals surface area contributed by atoms with E-state index in [0.29, 0.717) is 17.8 Å². The number of likely N-dealkylation sites (N-methyl/N-ethyl adjacent to an activating group) is 1. The highest BCUT2D eigenvalue weighted by Gasteiger charge is 2.11. The molecule has 0 unspecified atom stereocenters. The topological polar surface area (TPSA) is 52.9 Å². The molecule has 0 saturated carbocycles. The summed E-state index contributed by atoms with van der Waals surface area (Å²) in [6.45, 7) is 7.73. The van der Waals surface area contributed by atoms with Crippen LogP contribution in [0, 0.1) is 0 Å². The molecule has 0 aliphatic heterocycles. The van der Waals surface area contributed by atoms with Gasteiger partial charge in [0.15, 0.2) is 0 Å². The van der Waals surface area contributed by atoms with Gasteiger partial charge in [-0.05, 0) is 30.7 Å². The van der Waals surface area contributed by atoms with E-state index in [0.717, 1.165) is 19.6 Å². The van der Waals surface area contributed by atoms with Crippen LogP contribution in [0.15, 0.2) is 24.3 Å². The van der Waals surface area contributed by atoms with Crippen LogP contribution in [0.25, 0.3) is 0 Å². The van der Waals surface area contributed by atoms with Crippen LogP contribution in [0.4, 0.5) is 0 Å². The van der Waals surface area contributed by atoms with Crippen LogP contribution in [0.2, 0.25) is 0 Å². The molecule has 1 aromatic rings. The quantitative estimate of drug-likeness (QED) is 0.660. The molecule has 0 saturated heterocycles. The Labute approximate surface area is 103 Å². The van der Waals surface area contributed by atoms with Crippen LogP contribution in [-0.2, 0) is 0 Å². The zero-order valence-corrected chi connectivity index (χ0v) is 10.5. The van der Waals surface area contributed by atoms with Gasteiger partial charge < -0.3 is 19.7 Å². The average molecular weight is 237 g/mol. The van der Waals surface area contributed by atoms with Crippen LogP contribution >= 0.6 is 0 Å². The Morgan fingerprint density at radius 2 is 1.94 bits per heavy atom. The van der Waals surface area contributed by atoms with E-state index in [1.165, 1.54) is 0 Å². The molecule has 0 spiro atoms. The first-order valence-electron chi connectivity index (χ1n) is 5.98. The van der Waals surface area contributed by atoms with E-state index >= 15 is 0 Å². The van der Waals surface area contributed by atoms with Crippen LogP contribution in [0.3, 0.4) is 0 Å². The molecule has 17 heavy (non-hydrogen) atoms. The lowest BCUT2D eigenvalue weighted by Crippen LogP contribution is -2.30. The molecule has 0 aliphatic rings. The Kier molecular flexibility index (Phi) is 6.04. The maximum atomic E-state index is 9.03. The van der Waals surface area contributed by atoms with E-state index in [1.807, 2.05) is 6.07 Å². The van der Waals surface area contributed by atoms with Crippen molar-refractivity contribution in [2.75, 3.05) is 26.2 Å². The first kappa shape index (κ1) is 14.0. The molecule has 0 bridgehead atoms. The molecule has 1 rings (SSSR count). The second kappa shape index (κ2) is 7.32. The Balaban J connectivity index is 2.43. The Hall–Kier alpha value is -1.04. The molecule has 0 heterocycles. The minimum Gasteiger partial charge on any atom is -0.492 e. The third kappa shape index (κ3) is 4.77. The third-order valence-electron chi connectivity index (χ3n) is 2.73. The van der Waals surface area contributed by atoms with Gasteiger partial charge in [0.2, 0.25) is 0 Å². The van der Waals surface area contributed by atoms with Gasteiger partial charge in [0.25, 0.3) is 0 Å². The maximum absolute atomic E-state index is 9.03. The molecule has 1 aromatic carbocycles. The van der Waals surface area contributed by atoms with Gasteiger partial charge in [-0.3, -0.25) is 0 Å². The minimum atomic E-state index is -1.44. The summed E-state index contributed by atoms with van der Waals surface area (Å²) in [6, 6.07) is 6.87. The lowest BCUT2D eigenvalue weighted by atomic mass is 9.80. The molecule has 0 aromatic heterocycles. The number of hydrogen-bond donors (Lipinski definition) is 2. The third-order valence-corrected chi connectivity index (χ3v) is 2.73. The monoisotopic (exact) mass is 237 g/mol. The lowest BCUT2D eigenvalue weighted by Gasteiger charge is -2.18. The fraction of sp³-hybridized carbons (Fsp3) is 0.500. The highest BCUT2D eigenvalue weighted by molar-refractivity contribution is 6.58. The molecule has 2 N–H and O–H groups in total. The van der Waals surface area contributed by atoms with Crippen molar-refractivity contribution < 1.29 is 14.8 Å². The zero-order chi connectivity index (χ0) is 12.7. The molecule has 0 fully saturated rings. The molecule has 94 valence electrons. The first-order chi connectivity index (χ1) is 8.17. The molecular weight excluding hydrogens is 217 g/mol. The van der Waals surface area contributed by atoms with Gasteiger partial charge >= 0.3 is 7.12 Å². The Morgan fingerprint density at radius 3 is 2.53 bits per heavy atom. The fourth-order valence-corrected chi connectivity index (χ4v) is 1.60. The van der Waals surface area contributed by atoms with Gasteiger partial charge in [-0.1, -0.05) is 26.0 Å². The SMILES string of the molecule is CCN(CC)CCOc1cccc(B(O)O)c1. The Morgan fingerprint density at radius 1 is 1.24 bits per heavy atom. The number of nitrogens with zero attached hydrogens (tertiary/aromatic N) is 1. The summed E-state index contributed by atoms with van der Waals surface area (Å²) in [4.78, 5) is 2.27. The summed E-state index contributed by atoms with van der Waals surface area (Å²) in [5, 5.41) is 18.1. The standard InChI is InChI=1S/C12H20BNO3/c1-3-14(4-2)8-9-17-12-7-5-6-11(10-12)13(15)16/h5-7,10,15-16H,3-4,8-9H2,1-2H3. The van der Waals surface area contributed by atoms with Crippen molar-refractivity contribution in [2.24, 2.45) is 0 Å². The van der Waals surface area contributed by atoms with Crippen molar-refractivity contribution in [2.45, 2.75) is 13.8 Å². The zero-order valence-electron chi connectivity index (χ0n) is 10.5. The van der Waals surface area contributed by atoms with E-state index in [1.54, 1.807) is 18.2 Å². The molecule has 0 radical (unpaired) electrons. The van der Waals surface area contributed by atoms with Gasteiger partial charge in [-0.25, -0.2) is 0 Å². The number of rotatable bonds is 7. The molecule has 4 nitrogen and oxygen atoms in total. The smallest absolute Gasteiger partial charge is 0.488 e. The lowest BCUT2D eigenvalue weighted by molar-refractivity contribution is 0.223. The predicted octanol–water partition coefficient (Wildman–Crippen LogP) is 0.0870. The van der Waals surface area contributed by atoms with Crippen molar-refractivity contribution >= 4 is 12.6 Å². The van der Waals surface area contributed by atoms with Gasteiger partial charge in [0.05, 0.1) is 0 Å². The minimum absolute atomic E-state index is 0.449. The van der Waals surface area contributed by atoms with Crippen molar-refractivity contribution in [3.05, 3.63) is 24.3 Å². The van der Waals surface area contributed by atoms with Crippen LogP contribution < -0.4 is 10.2 Å². The second-order valence-electron chi connectivity index (χ2n) is 3.82. The summed E-state index contributed by atoms with van der Waals surface area (Å²) in [6.07, 6.45) is 0. The van der Waals surface area contributed by atoms with E-state index in [2.05, 4.69) is 18.7 Å². The number of benzene rings is 1. The summed E-state index contributed by atoms with van der Waals surface area (Å²) in [7, 11) is -1.44. The van der Waals surface area contributed by atoms with Crippen molar-refractivity contribution in [1.29, 1.82) is 0 Å². The van der Waals surface area contributed by atoms with Gasteiger partial charge in [0.1, 0.15) is 12.4 Å². The number of hydrogen-bond acceptors (Lipinski definition) is 4. The first-order valence-corrected chi connectivity index (χ1v) is 5.98.